The van der Waals surface area contributed by atoms with Gasteiger partial charge >= 0.3 is 5.97 Å². The van der Waals surface area contributed by atoms with Crippen LogP contribution in [0.5, 0.6) is 11.5 Å². The maximum atomic E-state index is 11.4. The molecule has 4 heteroatoms. The minimum atomic E-state index is -0.427. The van der Waals surface area contributed by atoms with Gasteiger partial charge in [-0.05, 0) is 12.1 Å². The lowest BCUT2D eigenvalue weighted by Crippen LogP contribution is -2.03. The predicted molar refractivity (Wildman–Crippen MR) is 61.0 cm³/mol. The number of carbonyl (C=O) groups is 1. The highest BCUT2D eigenvalue weighted by molar-refractivity contribution is 5.91. The first kappa shape index (κ1) is 12.1. The van der Waals surface area contributed by atoms with Gasteiger partial charge in [-0.2, -0.15) is 0 Å². The summed E-state index contributed by atoms with van der Waals surface area (Å²) in [5, 5.41) is 0. The molecule has 0 aromatic heterocycles. The third kappa shape index (κ3) is 2.16. The van der Waals surface area contributed by atoms with Gasteiger partial charge in [-0.3, -0.25) is 0 Å². The van der Waals surface area contributed by atoms with Crippen LogP contribution >= 0.6 is 0 Å². The Morgan fingerprint density at radius 3 is 2.38 bits per heavy atom. The summed E-state index contributed by atoms with van der Waals surface area (Å²) < 4.78 is 15.0. The van der Waals surface area contributed by atoms with Gasteiger partial charge in [-0.1, -0.05) is 12.7 Å². The smallest absolute Gasteiger partial charge is 0.338 e. The van der Waals surface area contributed by atoms with Gasteiger partial charge in [-0.25, -0.2) is 4.79 Å². The highest BCUT2D eigenvalue weighted by Gasteiger charge is 2.14. The van der Waals surface area contributed by atoms with E-state index >= 15 is 0 Å². The van der Waals surface area contributed by atoms with Gasteiger partial charge in [0.15, 0.2) is 11.5 Å². The molecule has 0 bridgehead atoms. The van der Waals surface area contributed by atoms with Crippen LogP contribution in [0.3, 0.4) is 0 Å². The van der Waals surface area contributed by atoms with Crippen molar-refractivity contribution in [2.75, 3.05) is 21.3 Å². The number of hydrogen-bond donors (Lipinski definition) is 0. The van der Waals surface area contributed by atoms with E-state index in [0.29, 0.717) is 22.6 Å². The molecule has 1 aromatic carbocycles. The van der Waals surface area contributed by atoms with Gasteiger partial charge < -0.3 is 14.2 Å². The van der Waals surface area contributed by atoms with E-state index in [1.807, 2.05) is 0 Å². The lowest BCUT2D eigenvalue weighted by molar-refractivity contribution is 0.0600. The molecule has 1 aromatic rings. The second kappa shape index (κ2) is 5.21. The Hall–Kier alpha value is -1.97. The summed E-state index contributed by atoms with van der Waals surface area (Å²) in [6.07, 6.45) is 1.59. The molecule has 0 amide bonds. The van der Waals surface area contributed by atoms with Gasteiger partial charge in [0.05, 0.1) is 26.9 Å². The van der Waals surface area contributed by atoms with Gasteiger partial charge in [0.25, 0.3) is 0 Å². The van der Waals surface area contributed by atoms with Crippen LogP contribution in [0.1, 0.15) is 15.9 Å². The van der Waals surface area contributed by atoms with Crippen LogP contribution in [-0.4, -0.2) is 27.3 Å². The van der Waals surface area contributed by atoms with E-state index in [9.17, 15) is 4.79 Å². The molecule has 0 fully saturated rings. The molecule has 0 aliphatic rings. The molecule has 0 N–H and O–H groups in total. The van der Waals surface area contributed by atoms with Crippen LogP contribution in [0.15, 0.2) is 18.7 Å². The number of esters is 1. The summed E-state index contributed by atoms with van der Waals surface area (Å²) in [5.41, 5.74) is 1.08. The zero-order valence-electron chi connectivity index (χ0n) is 9.57. The number of benzene rings is 1. The Balaban J connectivity index is 3.36. The molecule has 0 radical (unpaired) electrons. The Bertz CT molecular complexity index is 410. The molecule has 0 spiro atoms. The summed E-state index contributed by atoms with van der Waals surface area (Å²) in [6, 6.07) is 3.21. The fourth-order valence-electron chi connectivity index (χ4n) is 1.38. The van der Waals surface area contributed by atoms with Crippen molar-refractivity contribution >= 4 is 12.0 Å². The molecule has 0 aliphatic heterocycles. The minimum Gasteiger partial charge on any atom is -0.493 e. The predicted octanol–water partition coefficient (Wildman–Crippen LogP) is 2.13. The number of ether oxygens (including phenoxy) is 3. The minimum absolute atomic E-state index is 0.398. The van der Waals surface area contributed by atoms with Gasteiger partial charge in [0.1, 0.15) is 0 Å². The highest BCUT2D eigenvalue weighted by atomic mass is 16.5. The van der Waals surface area contributed by atoms with Crippen molar-refractivity contribution in [2.45, 2.75) is 0 Å². The number of carbonyl (C=O) groups excluding carboxylic acids is 1. The summed E-state index contributed by atoms with van der Waals surface area (Å²) in [7, 11) is 4.36. The Morgan fingerprint density at radius 2 is 1.94 bits per heavy atom. The van der Waals surface area contributed by atoms with Crippen LogP contribution in [0.25, 0.3) is 6.08 Å². The van der Waals surface area contributed by atoms with Crippen LogP contribution in [0.2, 0.25) is 0 Å². The highest BCUT2D eigenvalue weighted by Crippen LogP contribution is 2.33. The second-order valence-electron chi connectivity index (χ2n) is 3.00. The largest absolute Gasteiger partial charge is 0.493 e. The van der Waals surface area contributed by atoms with E-state index in [1.165, 1.54) is 21.3 Å². The Labute approximate surface area is 94.4 Å². The first-order valence-electron chi connectivity index (χ1n) is 4.64. The van der Waals surface area contributed by atoms with Crippen molar-refractivity contribution in [1.29, 1.82) is 0 Å². The summed E-state index contributed by atoms with van der Waals surface area (Å²) in [6.45, 7) is 3.65. The van der Waals surface area contributed by atoms with Gasteiger partial charge in [0, 0.05) is 5.56 Å². The molecule has 16 heavy (non-hydrogen) atoms. The summed E-state index contributed by atoms with van der Waals surface area (Å²) >= 11 is 0. The van der Waals surface area contributed by atoms with E-state index < -0.39 is 5.97 Å². The quantitative estimate of drug-likeness (QED) is 0.732. The number of hydrogen-bond acceptors (Lipinski definition) is 4. The molecule has 0 saturated heterocycles. The molecule has 0 heterocycles. The molecule has 0 unspecified atom stereocenters. The van der Waals surface area contributed by atoms with Crippen LogP contribution < -0.4 is 9.47 Å². The maximum Gasteiger partial charge on any atom is 0.338 e. The SMILES string of the molecule is C=Cc1cc(C(=O)OC)cc(OC)c1OC. The van der Waals surface area contributed by atoms with Crippen LogP contribution in [0.4, 0.5) is 0 Å². The lowest BCUT2D eigenvalue weighted by Gasteiger charge is -2.12. The standard InChI is InChI=1S/C12H14O4/c1-5-8-6-9(12(13)16-4)7-10(14-2)11(8)15-3/h5-7H,1H2,2-4H3. The first-order valence-corrected chi connectivity index (χ1v) is 4.64. The third-order valence-corrected chi connectivity index (χ3v) is 2.15. The molecular formula is C12H14O4. The normalized spacial score (nSPS) is 9.44. The average molecular weight is 222 g/mol. The zero-order valence-corrected chi connectivity index (χ0v) is 9.57. The number of methoxy groups -OCH3 is 3. The fraction of sp³-hybridized carbons (Fsp3) is 0.250. The molecule has 86 valence electrons. The van der Waals surface area contributed by atoms with Gasteiger partial charge in [-0.15, -0.1) is 0 Å². The Morgan fingerprint density at radius 1 is 1.25 bits per heavy atom. The van der Waals surface area contributed by atoms with E-state index in [0.717, 1.165) is 0 Å². The van der Waals surface area contributed by atoms with E-state index in [4.69, 9.17) is 9.47 Å². The first-order chi connectivity index (χ1) is 7.67. The second-order valence-corrected chi connectivity index (χ2v) is 3.00. The molecule has 0 aliphatic carbocycles. The van der Waals surface area contributed by atoms with Crippen molar-refractivity contribution < 1.29 is 19.0 Å². The van der Waals surface area contributed by atoms with Crippen molar-refractivity contribution in [3.8, 4) is 11.5 Å². The van der Waals surface area contributed by atoms with Crippen LogP contribution in [0, 0.1) is 0 Å². The van der Waals surface area contributed by atoms with Crippen molar-refractivity contribution in [3.05, 3.63) is 29.8 Å². The van der Waals surface area contributed by atoms with Crippen molar-refractivity contribution in [1.82, 2.24) is 0 Å². The summed E-state index contributed by atoms with van der Waals surface area (Å²) in [5.74, 6) is 0.592. The third-order valence-electron chi connectivity index (χ3n) is 2.15. The lowest BCUT2D eigenvalue weighted by atomic mass is 10.1. The number of rotatable bonds is 4. The molecule has 4 nitrogen and oxygen atoms in total. The van der Waals surface area contributed by atoms with Crippen molar-refractivity contribution in [3.63, 3.8) is 0 Å². The van der Waals surface area contributed by atoms with E-state index in [-0.39, 0.29) is 0 Å². The topological polar surface area (TPSA) is 44.8 Å². The van der Waals surface area contributed by atoms with E-state index in [2.05, 4.69) is 11.3 Å². The molecular weight excluding hydrogens is 208 g/mol. The average Bonchev–Trinajstić information content (AvgIpc) is 2.35. The fourth-order valence-corrected chi connectivity index (χ4v) is 1.38. The monoisotopic (exact) mass is 222 g/mol. The molecule has 0 atom stereocenters. The molecule has 0 saturated carbocycles. The Kier molecular flexibility index (Phi) is 3.94. The summed E-state index contributed by atoms with van der Waals surface area (Å²) in [4.78, 5) is 11.4. The van der Waals surface area contributed by atoms with Crippen LogP contribution in [-0.2, 0) is 4.74 Å². The zero-order chi connectivity index (χ0) is 12.1. The molecule has 1 rings (SSSR count). The van der Waals surface area contributed by atoms with Gasteiger partial charge in [0.2, 0.25) is 0 Å². The van der Waals surface area contributed by atoms with Crippen molar-refractivity contribution in [2.24, 2.45) is 0 Å². The van der Waals surface area contributed by atoms with E-state index in [1.54, 1.807) is 18.2 Å². The maximum absolute atomic E-state index is 11.4.